The Morgan fingerprint density at radius 2 is 1.92 bits per heavy atom. The minimum atomic E-state index is -4.35. The molecular weight excluding hydrogens is 506 g/mol. The summed E-state index contributed by atoms with van der Waals surface area (Å²) < 4.78 is 64.6. The molecule has 0 aliphatic heterocycles. The number of amides is 1. The van der Waals surface area contributed by atoms with Crippen molar-refractivity contribution in [3.63, 3.8) is 0 Å². The van der Waals surface area contributed by atoms with Gasteiger partial charge in [-0.05, 0) is 43.7 Å². The number of halogens is 4. The van der Waals surface area contributed by atoms with Gasteiger partial charge in [0.25, 0.3) is 5.91 Å². The zero-order chi connectivity index (χ0) is 27.4. The Hall–Kier alpha value is -4.35. The van der Waals surface area contributed by atoms with Crippen LogP contribution >= 0.6 is 0 Å². The maximum Gasteiger partial charge on any atom is 0.390 e. The lowest BCUT2D eigenvalue weighted by atomic mass is 10.0. The SMILES string of the molecule is CCNC(=O)c1ccc(-c2cnc3c(NCCC(F)(F)F)cc(Oc4ccc(OC)c(F)c4)nn23)cc1C. The van der Waals surface area contributed by atoms with Crippen LogP contribution in [0.5, 0.6) is 17.4 Å². The second-order valence-corrected chi connectivity index (χ2v) is 8.35. The Bertz CT molecular complexity index is 1470. The number of nitrogens with zero attached hydrogens (tertiary/aromatic N) is 3. The molecule has 0 saturated heterocycles. The largest absolute Gasteiger partial charge is 0.494 e. The first kappa shape index (κ1) is 26.7. The molecule has 0 aliphatic carbocycles. The van der Waals surface area contributed by atoms with Crippen LogP contribution in [0.1, 0.15) is 29.3 Å². The molecule has 2 aromatic heterocycles. The number of carbonyl (C=O) groups is 1. The van der Waals surface area contributed by atoms with Gasteiger partial charge in [0.15, 0.2) is 17.2 Å². The fraction of sp³-hybridized carbons (Fsp3) is 0.269. The van der Waals surface area contributed by atoms with Crippen LogP contribution in [0.3, 0.4) is 0 Å². The molecule has 0 bridgehead atoms. The van der Waals surface area contributed by atoms with Crippen LogP contribution in [0.15, 0.2) is 48.7 Å². The summed E-state index contributed by atoms with van der Waals surface area (Å²) >= 11 is 0. The van der Waals surface area contributed by atoms with Crippen molar-refractivity contribution >= 4 is 17.2 Å². The van der Waals surface area contributed by atoms with Crippen molar-refractivity contribution in [2.24, 2.45) is 0 Å². The number of methoxy groups -OCH3 is 1. The van der Waals surface area contributed by atoms with E-state index in [9.17, 15) is 22.4 Å². The summed E-state index contributed by atoms with van der Waals surface area (Å²) in [5, 5.41) is 9.95. The molecule has 0 radical (unpaired) electrons. The van der Waals surface area contributed by atoms with Crippen LogP contribution in [-0.2, 0) is 0 Å². The van der Waals surface area contributed by atoms with Crippen molar-refractivity contribution in [2.45, 2.75) is 26.4 Å². The highest BCUT2D eigenvalue weighted by atomic mass is 19.4. The Balaban J connectivity index is 1.75. The fourth-order valence-corrected chi connectivity index (χ4v) is 3.83. The average Bonchev–Trinajstić information content (AvgIpc) is 3.27. The van der Waals surface area contributed by atoms with Crippen molar-refractivity contribution in [2.75, 3.05) is 25.5 Å². The molecule has 4 rings (SSSR count). The number of imidazole rings is 1. The molecule has 12 heteroatoms. The molecule has 2 aromatic carbocycles. The Kier molecular flexibility index (Phi) is 7.70. The standard InChI is InChI=1S/C26H25F4N5O3/c1-4-31-25(36)18-7-5-16(11-15(18)2)21-14-33-24-20(32-10-9-26(28,29)30)13-23(34-35(21)24)38-17-6-8-22(37-3)19(27)12-17/h5-8,11-14,32H,4,9-10H2,1-3H3,(H,31,36). The van der Waals surface area contributed by atoms with Crippen LogP contribution in [0, 0.1) is 12.7 Å². The third-order valence-electron chi connectivity index (χ3n) is 5.62. The summed E-state index contributed by atoms with van der Waals surface area (Å²) in [6.07, 6.45) is -3.88. The quantitative estimate of drug-likeness (QED) is 0.267. The second kappa shape index (κ2) is 11.0. The number of hydrogen-bond acceptors (Lipinski definition) is 6. The van der Waals surface area contributed by atoms with Gasteiger partial charge in [-0.3, -0.25) is 4.79 Å². The molecule has 0 aliphatic rings. The van der Waals surface area contributed by atoms with Crippen molar-refractivity contribution in [1.82, 2.24) is 19.9 Å². The van der Waals surface area contributed by atoms with Gasteiger partial charge in [0, 0.05) is 36.3 Å². The Morgan fingerprint density at radius 3 is 2.58 bits per heavy atom. The summed E-state index contributed by atoms with van der Waals surface area (Å²) in [6, 6.07) is 10.6. The van der Waals surface area contributed by atoms with Crippen LogP contribution in [0.25, 0.3) is 16.9 Å². The highest BCUT2D eigenvalue weighted by Crippen LogP contribution is 2.31. The number of rotatable bonds is 9. The number of benzene rings is 2. The van der Waals surface area contributed by atoms with Gasteiger partial charge in [0.2, 0.25) is 5.88 Å². The number of carbonyl (C=O) groups excluding carboxylic acids is 1. The van der Waals surface area contributed by atoms with E-state index in [-0.39, 0.29) is 34.6 Å². The molecular formula is C26H25F4N5O3. The van der Waals surface area contributed by atoms with E-state index in [1.165, 1.54) is 36.0 Å². The maximum absolute atomic E-state index is 14.2. The first-order valence-electron chi connectivity index (χ1n) is 11.7. The summed E-state index contributed by atoms with van der Waals surface area (Å²) in [4.78, 5) is 16.7. The van der Waals surface area contributed by atoms with Gasteiger partial charge in [-0.1, -0.05) is 6.07 Å². The van der Waals surface area contributed by atoms with Gasteiger partial charge in [-0.2, -0.15) is 13.2 Å². The third kappa shape index (κ3) is 5.96. The molecule has 4 aromatic rings. The number of nitrogens with one attached hydrogen (secondary N) is 2. The molecule has 38 heavy (non-hydrogen) atoms. The molecule has 0 atom stereocenters. The second-order valence-electron chi connectivity index (χ2n) is 8.35. The molecule has 1 amide bonds. The number of hydrogen-bond donors (Lipinski definition) is 2. The van der Waals surface area contributed by atoms with Gasteiger partial charge in [-0.15, -0.1) is 5.10 Å². The predicted octanol–water partition coefficient (Wildman–Crippen LogP) is 5.76. The monoisotopic (exact) mass is 531 g/mol. The first-order chi connectivity index (χ1) is 18.1. The minimum Gasteiger partial charge on any atom is -0.494 e. The van der Waals surface area contributed by atoms with E-state index >= 15 is 0 Å². The molecule has 0 unspecified atom stereocenters. The summed E-state index contributed by atoms with van der Waals surface area (Å²) in [6.45, 7) is 3.71. The predicted molar refractivity (Wildman–Crippen MR) is 133 cm³/mol. The lowest BCUT2D eigenvalue weighted by Crippen LogP contribution is -2.23. The molecule has 0 spiro atoms. The van der Waals surface area contributed by atoms with Gasteiger partial charge in [0.1, 0.15) is 5.75 Å². The first-order valence-corrected chi connectivity index (χ1v) is 11.7. The molecule has 8 nitrogen and oxygen atoms in total. The van der Waals surface area contributed by atoms with E-state index < -0.39 is 25.0 Å². The van der Waals surface area contributed by atoms with E-state index in [2.05, 4.69) is 20.7 Å². The van der Waals surface area contributed by atoms with Crippen LogP contribution in [-0.4, -0.2) is 46.9 Å². The van der Waals surface area contributed by atoms with Gasteiger partial charge >= 0.3 is 6.18 Å². The summed E-state index contributed by atoms with van der Waals surface area (Å²) in [7, 11) is 1.33. The summed E-state index contributed by atoms with van der Waals surface area (Å²) in [5.41, 5.74) is 2.92. The number of aromatic nitrogens is 3. The lowest BCUT2D eigenvalue weighted by molar-refractivity contribution is -0.131. The Labute approximate surface area is 215 Å². The summed E-state index contributed by atoms with van der Waals surface area (Å²) in [5.74, 6) is -0.725. The van der Waals surface area contributed by atoms with Gasteiger partial charge in [-0.25, -0.2) is 13.9 Å². The number of alkyl halides is 3. The van der Waals surface area contributed by atoms with Crippen LogP contribution in [0.2, 0.25) is 0 Å². The van der Waals surface area contributed by atoms with Crippen molar-refractivity contribution < 1.29 is 31.8 Å². The van der Waals surface area contributed by atoms with E-state index in [0.29, 0.717) is 28.9 Å². The molecule has 0 saturated carbocycles. The van der Waals surface area contributed by atoms with Crippen LogP contribution in [0.4, 0.5) is 23.2 Å². The van der Waals surface area contributed by atoms with Crippen LogP contribution < -0.4 is 20.1 Å². The highest BCUT2D eigenvalue weighted by Gasteiger charge is 2.26. The van der Waals surface area contributed by atoms with E-state index in [1.807, 2.05) is 6.92 Å². The number of aryl methyl sites for hydroxylation is 1. The van der Waals surface area contributed by atoms with E-state index in [4.69, 9.17) is 9.47 Å². The average molecular weight is 532 g/mol. The number of ether oxygens (including phenoxy) is 2. The zero-order valence-electron chi connectivity index (χ0n) is 20.8. The highest BCUT2D eigenvalue weighted by molar-refractivity contribution is 5.96. The normalized spacial score (nSPS) is 11.4. The fourth-order valence-electron chi connectivity index (χ4n) is 3.83. The molecule has 2 N–H and O–H groups in total. The van der Waals surface area contributed by atoms with E-state index in [1.54, 1.807) is 25.1 Å². The minimum absolute atomic E-state index is 0.00788. The Morgan fingerprint density at radius 1 is 1.13 bits per heavy atom. The number of anilines is 1. The molecule has 2 heterocycles. The van der Waals surface area contributed by atoms with Crippen molar-refractivity contribution in [1.29, 1.82) is 0 Å². The van der Waals surface area contributed by atoms with Crippen molar-refractivity contribution in [3.8, 4) is 28.6 Å². The maximum atomic E-state index is 14.2. The van der Waals surface area contributed by atoms with E-state index in [0.717, 1.165) is 6.07 Å². The third-order valence-corrected chi connectivity index (χ3v) is 5.62. The van der Waals surface area contributed by atoms with Gasteiger partial charge in [0.05, 0.1) is 31.1 Å². The smallest absolute Gasteiger partial charge is 0.390 e. The molecule has 0 fully saturated rings. The zero-order valence-corrected chi connectivity index (χ0v) is 20.8. The topological polar surface area (TPSA) is 89.8 Å². The lowest BCUT2D eigenvalue weighted by Gasteiger charge is -2.13. The number of fused-ring (bicyclic) bond motifs is 1. The van der Waals surface area contributed by atoms with Gasteiger partial charge < -0.3 is 20.1 Å². The molecule has 200 valence electrons. The van der Waals surface area contributed by atoms with Crippen molar-refractivity contribution in [3.05, 3.63) is 65.6 Å².